The highest BCUT2D eigenvalue weighted by molar-refractivity contribution is 4.31. The van der Waals surface area contributed by atoms with Gasteiger partial charge in [-0.3, -0.25) is 5.01 Å². The van der Waals surface area contributed by atoms with Gasteiger partial charge in [0.2, 0.25) is 0 Å². The van der Waals surface area contributed by atoms with Crippen LogP contribution in [0.25, 0.3) is 0 Å². The fourth-order valence-corrected chi connectivity index (χ4v) is 0.515. The first-order chi connectivity index (χ1) is 3.77. The molecule has 0 radical (unpaired) electrons. The quantitative estimate of drug-likeness (QED) is 0.372. The van der Waals surface area contributed by atoms with Gasteiger partial charge in [-0.05, 0) is 6.42 Å². The van der Waals surface area contributed by atoms with Crippen LogP contribution in [0.4, 0.5) is 0 Å². The highest BCUT2D eigenvalue weighted by Gasteiger charge is 1.87. The summed E-state index contributed by atoms with van der Waals surface area (Å²) in [5.74, 6) is 0. The van der Waals surface area contributed by atoms with Gasteiger partial charge in [-0.25, -0.2) is 0 Å². The Morgan fingerprint density at radius 2 is 2.00 bits per heavy atom. The molecule has 0 aromatic carbocycles. The Bertz CT molecular complexity index is 43.8. The van der Waals surface area contributed by atoms with Crippen LogP contribution in [0, 0.1) is 0 Å². The number of quaternary nitrogens is 1. The predicted molar refractivity (Wildman–Crippen MR) is 35.7 cm³/mol. The summed E-state index contributed by atoms with van der Waals surface area (Å²) >= 11 is 0. The van der Waals surface area contributed by atoms with Gasteiger partial charge in [0.1, 0.15) is 0 Å². The molecule has 0 bridgehead atoms. The number of unbranched alkanes of at least 4 members (excludes halogenated alkanes) is 1. The lowest BCUT2D eigenvalue weighted by Gasteiger charge is -2.06. The normalized spacial score (nSPS) is 10.5. The van der Waals surface area contributed by atoms with Gasteiger partial charge in [-0.15, -0.1) is 0 Å². The van der Waals surface area contributed by atoms with E-state index in [4.69, 9.17) is 0 Å². The van der Waals surface area contributed by atoms with Crippen molar-refractivity contribution < 1.29 is 5.01 Å². The second-order valence-corrected chi connectivity index (χ2v) is 2.28. The van der Waals surface area contributed by atoms with Crippen LogP contribution < -0.4 is 10.4 Å². The standard InChI is InChI=1S/C6H16N2/c1-4-5-6-7-8(2)3/h7H,4-6H2,1-3H3/p+1. The third-order valence-electron chi connectivity index (χ3n) is 1.01. The molecule has 0 fully saturated rings. The first-order valence-electron chi connectivity index (χ1n) is 3.31. The summed E-state index contributed by atoms with van der Waals surface area (Å²) < 4.78 is 0. The minimum Gasteiger partial charge on any atom is -0.262 e. The monoisotopic (exact) mass is 117 g/mol. The smallest absolute Gasteiger partial charge is 0.0839 e. The fraction of sp³-hybridized carbons (Fsp3) is 1.00. The maximum atomic E-state index is 3.26. The van der Waals surface area contributed by atoms with Crippen molar-refractivity contribution >= 4 is 0 Å². The van der Waals surface area contributed by atoms with Crippen LogP contribution in [-0.2, 0) is 0 Å². The molecule has 2 N–H and O–H groups in total. The van der Waals surface area contributed by atoms with Crippen LogP contribution in [0.5, 0.6) is 0 Å². The lowest BCUT2D eigenvalue weighted by molar-refractivity contribution is -0.906. The maximum Gasteiger partial charge on any atom is 0.0839 e. The topological polar surface area (TPSA) is 16.5 Å². The van der Waals surface area contributed by atoms with Gasteiger partial charge in [0, 0.05) is 6.54 Å². The van der Waals surface area contributed by atoms with E-state index in [1.54, 1.807) is 0 Å². The molecule has 0 amide bonds. The van der Waals surface area contributed by atoms with E-state index in [0.717, 1.165) is 6.54 Å². The minimum atomic E-state index is 1.14. The van der Waals surface area contributed by atoms with Gasteiger partial charge in [-0.2, -0.15) is 5.43 Å². The molecular formula is C6H17N2+. The molecule has 2 nitrogen and oxygen atoms in total. The Balaban J connectivity index is 2.72. The van der Waals surface area contributed by atoms with E-state index in [1.807, 2.05) is 0 Å². The minimum absolute atomic E-state index is 1.14. The zero-order chi connectivity index (χ0) is 6.41. The van der Waals surface area contributed by atoms with Gasteiger partial charge in [0.25, 0.3) is 0 Å². The van der Waals surface area contributed by atoms with Crippen LogP contribution in [0.3, 0.4) is 0 Å². The highest BCUT2D eigenvalue weighted by Crippen LogP contribution is 1.78. The zero-order valence-electron chi connectivity index (χ0n) is 6.12. The van der Waals surface area contributed by atoms with Crippen molar-refractivity contribution in [3.05, 3.63) is 0 Å². The second kappa shape index (κ2) is 5.06. The van der Waals surface area contributed by atoms with Crippen LogP contribution in [0.1, 0.15) is 19.8 Å². The molecule has 0 unspecified atom stereocenters. The first kappa shape index (κ1) is 7.92. The molecule has 2 heteroatoms. The summed E-state index contributed by atoms with van der Waals surface area (Å²) in [4.78, 5) is 0. The van der Waals surface area contributed by atoms with Gasteiger partial charge >= 0.3 is 0 Å². The molecule has 0 heterocycles. The summed E-state index contributed by atoms with van der Waals surface area (Å²) in [5.41, 5.74) is 3.26. The number of hydrogen-bond acceptors (Lipinski definition) is 1. The zero-order valence-corrected chi connectivity index (χ0v) is 6.12. The molecule has 0 aliphatic rings. The van der Waals surface area contributed by atoms with Gasteiger partial charge in [-0.1, -0.05) is 13.3 Å². The fourth-order valence-electron chi connectivity index (χ4n) is 0.515. The van der Waals surface area contributed by atoms with Crippen molar-refractivity contribution in [3.63, 3.8) is 0 Å². The Hall–Kier alpha value is -0.0800. The molecule has 0 aliphatic carbocycles. The third-order valence-corrected chi connectivity index (χ3v) is 1.01. The lowest BCUT2D eigenvalue weighted by atomic mass is 10.3. The molecule has 8 heavy (non-hydrogen) atoms. The first-order valence-corrected chi connectivity index (χ1v) is 3.31. The largest absolute Gasteiger partial charge is 0.262 e. The van der Waals surface area contributed by atoms with Gasteiger partial charge in [0.05, 0.1) is 14.1 Å². The molecular weight excluding hydrogens is 100 g/mol. The summed E-state index contributed by atoms with van der Waals surface area (Å²) in [6.07, 6.45) is 2.56. The van der Waals surface area contributed by atoms with Crippen molar-refractivity contribution in [1.82, 2.24) is 5.43 Å². The third kappa shape index (κ3) is 5.92. The van der Waals surface area contributed by atoms with Crippen molar-refractivity contribution in [1.29, 1.82) is 0 Å². The summed E-state index contributed by atoms with van der Waals surface area (Å²) in [6, 6.07) is 0. The SMILES string of the molecule is CCCCN[NH+](C)C. The van der Waals surface area contributed by atoms with Gasteiger partial charge in [0.15, 0.2) is 0 Å². The van der Waals surface area contributed by atoms with Crippen LogP contribution in [-0.4, -0.2) is 20.6 Å². The summed E-state index contributed by atoms with van der Waals surface area (Å²) in [6.45, 7) is 3.34. The van der Waals surface area contributed by atoms with Crippen molar-refractivity contribution in [2.75, 3.05) is 20.6 Å². The molecule has 0 aliphatic heterocycles. The van der Waals surface area contributed by atoms with Crippen molar-refractivity contribution in [3.8, 4) is 0 Å². The van der Waals surface area contributed by atoms with E-state index >= 15 is 0 Å². The Labute approximate surface area is 51.8 Å². The van der Waals surface area contributed by atoms with Crippen molar-refractivity contribution in [2.24, 2.45) is 0 Å². The molecule has 0 atom stereocenters. The van der Waals surface area contributed by atoms with E-state index < -0.39 is 0 Å². The average Bonchev–Trinajstić information content (AvgIpc) is 1.66. The van der Waals surface area contributed by atoms with E-state index in [-0.39, 0.29) is 0 Å². The molecule has 0 rings (SSSR count). The van der Waals surface area contributed by atoms with E-state index in [9.17, 15) is 0 Å². The molecule has 0 spiro atoms. The van der Waals surface area contributed by atoms with E-state index in [0.29, 0.717) is 0 Å². The van der Waals surface area contributed by atoms with Crippen LogP contribution >= 0.6 is 0 Å². The highest BCUT2D eigenvalue weighted by atomic mass is 15.5. The second-order valence-electron chi connectivity index (χ2n) is 2.28. The molecule has 0 saturated carbocycles. The molecule has 0 aromatic heterocycles. The van der Waals surface area contributed by atoms with E-state index in [2.05, 4.69) is 26.4 Å². The van der Waals surface area contributed by atoms with Gasteiger partial charge < -0.3 is 0 Å². The Kier molecular flexibility index (Phi) is 5.01. The Morgan fingerprint density at radius 3 is 2.38 bits per heavy atom. The summed E-state index contributed by atoms with van der Waals surface area (Å²) in [5, 5.41) is 1.32. The molecule has 50 valence electrons. The van der Waals surface area contributed by atoms with Crippen LogP contribution in [0.15, 0.2) is 0 Å². The molecule has 0 saturated heterocycles. The number of hydrogen-bond donors (Lipinski definition) is 2. The number of rotatable bonds is 4. The summed E-state index contributed by atoms with van der Waals surface area (Å²) in [7, 11) is 4.19. The van der Waals surface area contributed by atoms with Crippen LogP contribution in [0.2, 0.25) is 0 Å². The predicted octanol–water partition coefficient (Wildman–Crippen LogP) is -0.564. The average molecular weight is 117 g/mol. The van der Waals surface area contributed by atoms with E-state index in [1.165, 1.54) is 17.9 Å². The Morgan fingerprint density at radius 1 is 1.38 bits per heavy atom. The lowest BCUT2D eigenvalue weighted by Crippen LogP contribution is -3.13. The van der Waals surface area contributed by atoms with Crippen molar-refractivity contribution in [2.45, 2.75) is 19.8 Å². The maximum absolute atomic E-state index is 3.26. The number of nitrogens with one attached hydrogen (secondary N) is 2. The molecule has 0 aromatic rings.